The van der Waals surface area contributed by atoms with Gasteiger partial charge in [-0.25, -0.2) is 4.79 Å². The maximum Gasteiger partial charge on any atom is 0.328 e. The zero-order valence-electron chi connectivity index (χ0n) is 12.8. The number of carboxylic acids is 1. The Labute approximate surface area is 133 Å². The summed E-state index contributed by atoms with van der Waals surface area (Å²) in [6.07, 6.45) is -0.135. The second-order valence-electron chi connectivity index (χ2n) is 5.29. The molecule has 0 bridgehead atoms. The van der Waals surface area contributed by atoms with Crippen LogP contribution in [0.3, 0.4) is 0 Å². The molecule has 0 aromatic rings. The first-order valence-corrected chi connectivity index (χ1v) is 7.25. The van der Waals surface area contributed by atoms with Crippen LogP contribution in [0.25, 0.3) is 0 Å². The van der Waals surface area contributed by atoms with Crippen LogP contribution in [0.4, 0.5) is 0 Å². The first-order valence-electron chi connectivity index (χ1n) is 7.25. The molecule has 3 unspecified atom stereocenters. The number of likely N-dealkylation sites (tertiary alicyclic amines) is 1. The third-order valence-corrected chi connectivity index (χ3v) is 3.54. The van der Waals surface area contributed by atoms with Gasteiger partial charge >= 0.3 is 5.97 Å². The van der Waals surface area contributed by atoms with Crippen LogP contribution < -0.4 is 16.4 Å². The molecule has 0 aliphatic carbocycles. The summed E-state index contributed by atoms with van der Waals surface area (Å²) >= 11 is 0. The number of carboxylic acid groups (broad SMARTS) is 1. The average Bonchev–Trinajstić information content (AvgIpc) is 2.98. The number of hydrogen-bond acceptors (Lipinski definition) is 6. The zero-order chi connectivity index (χ0) is 17.6. The summed E-state index contributed by atoms with van der Waals surface area (Å²) in [5, 5.41) is 22.6. The number of aliphatic hydroxyl groups is 1. The Balaban J connectivity index is 2.50. The molecule has 23 heavy (non-hydrogen) atoms. The van der Waals surface area contributed by atoms with E-state index in [0.29, 0.717) is 19.4 Å². The topological polar surface area (TPSA) is 162 Å². The van der Waals surface area contributed by atoms with Gasteiger partial charge in [0.2, 0.25) is 17.7 Å². The fourth-order valence-corrected chi connectivity index (χ4v) is 2.35. The molecule has 6 N–H and O–H groups in total. The molecule has 0 aromatic carbocycles. The van der Waals surface area contributed by atoms with Crippen molar-refractivity contribution in [3.05, 3.63) is 0 Å². The molecule has 10 heteroatoms. The molecule has 0 aromatic heterocycles. The molecule has 1 rings (SSSR count). The lowest BCUT2D eigenvalue weighted by atomic mass is 10.2. The predicted octanol–water partition coefficient (Wildman–Crippen LogP) is -3.00. The zero-order valence-corrected chi connectivity index (χ0v) is 12.8. The molecule has 1 saturated heterocycles. The van der Waals surface area contributed by atoms with Gasteiger partial charge in [0, 0.05) is 6.54 Å². The quantitative estimate of drug-likeness (QED) is 0.332. The number of carbonyl (C=O) groups is 4. The molecule has 1 fully saturated rings. The van der Waals surface area contributed by atoms with E-state index >= 15 is 0 Å². The van der Waals surface area contributed by atoms with Crippen LogP contribution >= 0.6 is 0 Å². The van der Waals surface area contributed by atoms with Crippen LogP contribution in [0.1, 0.15) is 19.8 Å². The van der Waals surface area contributed by atoms with E-state index in [0.717, 1.165) is 0 Å². The Morgan fingerprint density at radius 1 is 1.35 bits per heavy atom. The van der Waals surface area contributed by atoms with Crippen molar-refractivity contribution >= 4 is 23.7 Å². The summed E-state index contributed by atoms with van der Waals surface area (Å²) < 4.78 is 0. The summed E-state index contributed by atoms with van der Waals surface area (Å²) in [6.45, 7) is 1.02. The molecule has 10 nitrogen and oxygen atoms in total. The summed E-state index contributed by atoms with van der Waals surface area (Å²) in [7, 11) is 0. The minimum Gasteiger partial charge on any atom is -0.480 e. The largest absolute Gasteiger partial charge is 0.480 e. The van der Waals surface area contributed by atoms with Crippen LogP contribution in [0, 0.1) is 0 Å². The van der Waals surface area contributed by atoms with E-state index in [-0.39, 0.29) is 12.5 Å². The van der Waals surface area contributed by atoms with E-state index in [2.05, 4.69) is 10.6 Å². The maximum atomic E-state index is 12.0. The number of aliphatic hydroxyl groups excluding tert-OH is 1. The molecule has 1 heterocycles. The van der Waals surface area contributed by atoms with E-state index in [1.807, 2.05) is 0 Å². The molecule has 0 spiro atoms. The molecule has 0 saturated carbocycles. The number of nitrogens with two attached hydrogens (primary N) is 1. The van der Waals surface area contributed by atoms with Gasteiger partial charge in [0.05, 0.1) is 19.2 Å². The number of hydrogen-bond donors (Lipinski definition) is 5. The van der Waals surface area contributed by atoms with Crippen molar-refractivity contribution in [3.8, 4) is 0 Å². The second-order valence-corrected chi connectivity index (χ2v) is 5.29. The second kappa shape index (κ2) is 8.44. The predicted molar refractivity (Wildman–Crippen MR) is 78.0 cm³/mol. The number of amides is 3. The Morgan fingerprint density at radius 2 is 2.00 bits per heavy atom. The number of nitrogens with one attached hydrogen (secondary N) is 2. The van der Waals surface area contributed by atoms with E-state index in [4.69, 9.17) is 10.8 Å². The molecule has 3 atom stereocenters. The normalized spacial score (nSPS) is 19.8. The van der Waals surface area contributed by atoms with E-state index in [9.17, 15) is 24.3 Å². The highest BCUT2D eigenvalue weighted by molar-refractivity contribution is 5.92. The van der Waals surface area contributed by atoms with Crippen molar-refractivity contribution in [1.82, 2.24) is 15.5 Å². The van der Waals surface area contributed by atoms with Crippen LogP contribution in [0.15, 0.2) is 0 Å². The monoisotopic (exact) mass is 330 g/mol. The lowest BCUT2D eigenvalue weighted by Crippen LogP contribution is -2.53. The van der Waals surface area contributed by atoms with E-state index < -0.39 is 42.5 Å². The maximum absolute atomic E-state index is 12.0. The minimum absolute atomic E-state index is 0.195. The first kappa shape index (κ1) is 18.8. The van der Waals surface area contributed by atoms with Gasteiger partial charge in [-0.05, 0) is 19.8 Å². The molecule has 1 aliphatic heterocycles. The van der Waals surface area contributed by atoms with Crippen molar-refractivity contribution in [2.75, 3.05) is 19.6 Å². The fraction of sp³-hybridized carbons (Fsp3) is 0.692. The van der Waals surface area contributed by atoms with Gasteiger partial charge in [0.1, 0.15) is 6.04 Å². The van der Waals surface area contributed by atoms with E-state index in [1.165, 1.54) is 11.8 Å². The molecular formula is C13H22N4O6. The van der Waals surface area contributed by atoms with E-state index in [1.54, 1.807) is 0 Å². The van der Waals surface area contributed by atoms with Crippen molar-refractivity contribution in [3.63, 3.8) is 0 Å². The van der Waals surface area contributed by atoms with Gasteiger partial charge in [-0.2, -0.15) is 0 Å². The van der Waals surface area contributed by atoms with Crippen LogP contribution in [0.2, 0.25) is 0 Å². The average molecular weight is 330 g/mol. The minimum atomic E-state index is -1.46. The summed E-state index contributed by atoms with van der Waals surface area (Å²) in [5.74, 6) is -2.97. The Morgan fingerprint density at radius 3 is 2.52 bits per heavy atom. The number of carbonyl (C=O) groups excluding carboxylic acids is 3. The molecular weight excluding hydrogens is 308 g/mol. The summed E-state index contributed by atoms with van der Waals surface area (Å²) in [4.78, 5) is 47.5. The van der Waals surface area contributed by atoms with Gasteiger partial charge in [-0.1, -0.05) is 0 Å². The Kier molecular flexibility index (Phi) is 6.91. The highest BCUT2D eigenvalue weighted by atomic mass is 16.4. The SMILES string of the molecule is CC(O)C(NC(=O)CNC(=O)C1CCCN1C(=O)CN)C(=O)O. The summed E-state index contributed by atoms with van der Waals surface area (Å²) in [5.41, 5.74) is 5.28. The Hall–Kier alpha value is -2.20. The highest BCUT2D eigenvalue weighted by Crippen LogP contribution is 2.17. The fourth-order valence-electron chi connectivity index (χ4n) is 2.35. The number of aliphatic carboxylic acids is 1. The molecule has 1 aliphatic rings. The van der Waals surface area contributed by atoms with Crippen LogP contribution in [0.5, 0.6) is 0 Å². The van der Waals surface area contributed by atoms with Crippen molar-refractivity contribution in [1.29, 1.82) is 0 Å². The van der Waals surface area contributed by atoms with Gasteiger partial charge in [0.25, 0.3) is 0 Å². The number of rotatable bonds is 7. The van der Waals surface area contributed by atoms with Gasteiger partial charge in [-0.3, -0.25) is 14.4 Å². The lowest BCUT2D eigenvalue weighted by molar-refractivity contribution is -0.144. The summed E-state index contributed by atoms with van der Waals surface area (Å²) in [6, 6.07) is -2.13. The highest BCUT2D eigenvalue weighted by Gasteiger charge is 2.33. The smallest absolute Gasteiger partial charge is 0.328 e. The van der Waals surface area contributed by atoms with Crippen molar-refractivity contribution in [2.45, 2.75) is 38.0 Å². The number of nitrogens with zero attached hydrogens (tertiary/aromatic N) is 1. The van der Waals surface area contributed by atoms with Crippen molar-refractivity contribution in [2.24, 2.45) is 5.73 Å². The Bertz CT molecular complexity index is 481. The standard InChI is InChI=1S/C13H22N4O6/c1-7(18)11(13(22)23)16-9(19)6-15-12(21)8-3-2-4-17(8)10(20)5-14/h7-8,11,18H,2-6,14H2,1H3,(H,15,21)(H,16,19)(H,22,23). The van der Waals surface area contributed by atoms with Gasteiger partial charge < -0.3 is 31.5 Å². The van der Waals surface area contributed by atoms with Gasteiger partial charge in [-0.15, -0.1) is 0 Å². The first-order chi connectivity index (χ1) is 10.8. The van der Waals surface area contributed by atoms with Gasteiger partial charge in [0.15, 0.2) is 6.04 Å². The third-order valence-electron chi connectivity index (χ3n) is 3.54. The third kappa shape index (κ3) is 5.18. The molecule has 3 amide bonds. The molecule has 0 radical (unpaired) electrons. The van der Waals surface area contributed by atoms with Crippen molar-refractivity contribution < 1.29 is 29.4 Å². The molecule has 130 valence electrons. The lowest BCUT2D eigenvalue weighted by Gasteiger charge is -2.23. The van der Waals surface area contributed by atoms with Crippen LogP contribution in [-0.4, -0.2) is 76.6 Å². The van der Waals surface area contributed by atoms with Crippen LogP contribution in [-0.2, 0) is 19.2 Å².